The number of hydrogen-bond donors (Lipinski definition) is 0. The average Bonchev–Trinajstić information content (AvgIpc) is 2.28. The van der Waals surface area contributed by atoms with Crippen molar-refractivity contribution in [3.05, 3.63) is 43.0 Å². The molecule has 1 aromatic rings. The second kappa shape index (κ2) is 6.79. The van der Waals surface area contributed by atoms with E-state index in [1.165, 1.54) is 0 Å². The number of para-hydroxylation sites is 1. The van der Waals surface area contributed by atoms with Gasteiger partial charge >= 0.3 is 6.80 Å². The van der Waals surface area contributed by atoms with Crippen LogP contribution in [0.3, 0.4) is 0 Å². The van der Waals surface area contributed by atoms with Crippen LogP contribution in [0.1, 0.15) is 6.92 Å². The predicted molar refractivity (Wildman–Crippen MR) is 69.0 cm³/mol. The standard InChI is InChI=1S/C11H15O3PS/c1-3-10-16-15(12,13-4-2)14-11-8-6-5-7-9-11/h3,5-9H,1,4,10H2,2H3. The minimum absolute atomic E-state index is 0.355. The highest BCUT2D eigenvalue weighted by Gasteiger charge is 2.25. The Morgan fingerprint density at radius 1 is 1.44 bits per heavy atom. The maximum absolute atomic E-state index is 12.2. The molecule has 3 nitrogen and oxygen atoms in total. The average molecular weight is 258 g/mol. The van der Waals surface area contributed by atoms with E-state index < -0.39 is 6.80 Å². The van der Waals surface area contributed by atoms with Crippen LogP contribution in [0.15, 0.2) is 43.0 Å². The fourth-order valence-corrected chi connectivity index (χ4v) is 3.99. The van der Waals surface area contributed by atoms with Gasteiger partial charge in [0.15, 0.2) is 0 Å². The SMILES string of the molecule is C=CCSP(=O)(OCC)Oc1ccccc1. The second-order valence-electron chi connectivity index (χ2n) is 2.85. The van der Waals surface area contributed by atoms with Gasteiger partial charge in [0.05, 0.1) is 6.61 Å². The van der Waals surface area contributed by atoms with Gasteiger partial charge in [-0.05, 0) is 30.4 Å². The molecular formula is C11H15O3PS. The van der Waals surface area contributed by atoms with E-state index in [4.69, 9.17) is 9.05 Å². The smallest absolute Gasteiger partial charge is 0.417 e. The van der Waals surface area contributed by atoms with Crippen LogP contribution < -0.4 is 4.52 Å². The summed E-state index contributed by atoms with van der Waals surface area (Å²) in [5.41, 5.74) is 0. The van der Waals surface area contributed by atoms with Gasteiger partial charge in [0, 0.05) is 5.75 Å². The lowest BCUT2D eigenvalue weighted by atomic mass is 10.3. The zero-order valence-electron chi connectivity index (χ0n) is 9.17. The van der Waals surface area contributed by atoms with Crippen molar-refractivity contribution in [1.82, 2.24) is 0 Å². The molecule has 5 heteroatoms. The highest BCUT2D eigenvalue weighted by Crippen LogP contribution is 2.59. The Morgan fingerprint density at radius 2 is 2.12 bits per heavy atom. The third kappa shape index (κ3) is 4.44. The van der Waals surface area contributed by atoms with Gasteiger partial charge in [0.2, 0.25) is 0 Å². The van der Waals surface area contributed by atoms with E-state index in [9.17, 15) is 4.57 Å². The van der Waals surface area contributed by atoms with Crippen molar-refractivity contribution >= 4 is 18.2 Å². The maximum atomic E-state index is 12.2. The summed E-state index contributed by atoms with van der Waals surface area (Å²) >= 11 is 1.14. The van der Waals surface area contributed by atoms with Crippen molar-refractivity contribution in [2.75, 3.05) is 12.4 Å². The molecule has 0 fully saturated rings. The zero-order chi connectivity index (χ0) is 11.9. The van der Waals surface area contributed by atoms with E-state index in [0.29, 0.717) is 18.1 Å². The summed E-state index contributed by atoms with van der Waals surface area (Å²) in [5, 5.41) is 0. The summed E-state index contributed by atoms with van der Waals surface area (Å²) in [4.78, 5) is 0. The Morgan fingerprint density at radius 3 is 2.69 bits per heavy atom. The first-order valence-corrected chi connectivity index (χ1v) is 8.08. The lowest BCUT2D eigenvalue weighted by molar-refractivity contribution is 0.296. The van der Waals surface area contributed by atoms with Gasteiger partial charge in [-0.1, -0.05) is 24.3 Å². The van der Waals surface area contributed by atoms with E-state index in [-0.39, 0.29) is 0 Å². The lowest BCUT2D eigenvalue weighted by Gasteiger charge is -2.16. The molecular weight excluding hydrogens is 243 g/mol. The first kappa shape index (κ1) is 13.4. The fraction of sp³-hybridized carbons (Fsp3) is 0.273. The minimum Gasteiger partial charge on any atom is -0.417 e. The third-order valence-electron chi connectivity index (χ3n) is 1.60. The fourth-order valence-electron chi connectivity index (χ4n) is 1.00. The molecule has 0 saturated heterocycles. The van der Waals surface area contributed by atoms with E-state index in [1.54, 1.807) is 25.1 Å². The molecule has 0 amide bonds. The second-order valence-corrected chi connectivity index (χ2v) is 6.90. The monoisotopic (exact) mass is 258 g/mol. The van der Waals surface area contributed by atoms with Gasteiger partial charge in [-0.15, -0.1) is 6.58 Å². The van der Waals surface area contributed by atoms with Crippen LogP contribution >= 0.6 is 18.2 Å². The molecule has 88 valence electrons. The summed E-state index contributed by atoms with van der Waals surface area (Å²) in [6.45, 7) is 2.61. The first-order valence-electron chi connectivity index (χ1n) is 4.95. The highest BCUT2D eigenvalue weighted by atomic mass is 32.7. The largest absolute Gasteiger partial charge is 0.440 e. The summed E-state index contributed by atoms with van der Waals surface area (Å²) in [6, 6.07) is 9.02. The van der Waals surface area contributed by atoms with Crippen molar-refractivity contribution in [3.63, 3.8) is 0 Å². The molecule has 0 bridgehead atoms. The molecule has 1 atom stereocenters. The van der Waals surface area contributed by atoms with Crippen LogP contribution in [-0.2, 0) is 9.09 Å². The topological polar surface area (TPSA) is 35.5 Å². The van der Waals surface area contributed by atoms with Crippen molar-refractivity contribution in [2.45, 2.75) is 6.92 Å². The molecule has 0 aliphatic heterocycles. The van der Waals surface area contributed by atoms with Crippen LogP contribution in [0.4, 0.5) is 0 Å². The number of rotatable bonds is 7. The predicted octanol–water partition coefficient (Wildman–Crippen LogP) is 4.13. The van der Waals surface area contributed by atoms with Gasteiger partial charge in [-0.2, -0.15) is 0 Å². The molecule has 16 heavy (non-hydrogen) atoms. The molecule has 0 heterocycles. The third-order valence-corrected chi connectivity index (χ3v) is 5.24. The summed E-state index contributed by atoms with van der Waals surface area (Å²) in [5.74, 6) is 1.08. The molecule has 0 aromatic heterocycles. The first-order chi connectivity index (χ1) is 7.70. The van der Waals surface area contributed by atoms with Gasteiger partial charge in [-0.3, -0.25) is 4.52 Å². The van der Waals surface area contributed by atoms with Crippen molar-refractivity contribution < 1.29 is 13.6 Å². The van der Waals surface area contributed by atoms with Gasteiger partial charge in [-0.25, -0.2) is 4.57 Å². The Hall–Kier alpha value is -0.700. The Balaban J connectivity index is 2.70. The molecule has 0 N–H and O–H groups in total. The Bertz CT molecular complexity index is 367. The van der Waals surface area contributed by atoms with E-state index in [0.717, 1.165) is 11.4 Å². The zero-order valence-corrected chi connectivity index (χ0v) is 10.9. The van der Waals surface area contributed by atoms with Gasteiger partial charge in [0.1, 0.15) is 5.75 Å². The van der Waals surface area contributed by atoms with Crippen LogP contribution in [0.25, 0.3) is 0 Å². The normalized spacial score (nSPS) is 14.1. The molecule has 1 unspecified atom stereocenters. The van der Waals surface area contributed by atoms with Crippen LogP contribution in [-0.4, -0.2) is 12.4 Å². The molecule has 1 aromatic carbocycles. The maximum Gasteiger partial charge on any atom is 0.440 e. The van der Waals surface area contributed by atoms with E-state index in [1.807, 2.05) is 18.2 Å². The highest BCUT2D eigenvalue weighted by molar-refractivity contribution is 8.55. The number of hydrogen-bond acceptors (Lipinski definition) is 4. The molecule has 0 aliphatic carbocycles. The molecule has 0 aliphatic rings. The van der Waals surface area contributed by atoms with Crippen molar-refractivity contribution in [1.29, 1.82) is 0 Å². The summed E-state index contributed by atoms with van der Waals surface area (Å²) in [6.07, 6.45) is 1.67. The lowest BCUT2D eigenvalue weighted by Crippen LogP contribution is -1.95. The van der Waals surface area contributed by atoms with E-state index in [2.05, 4.69) is 6.58 Å². The van der Waals surface area contributed by atoms with Gasteiger partial charge in [0.25, 0.3) is 0 Å². The van der Waals surface area contributed by atoms with Gasteiger partial charge < -0.3 is 4.52 Å². The summed E-state index contributed by atoms with van der Waals surface area (Å²) < 4.78 is 22.8. The van der Waals surface area contributed by atoms with Crippen LogP contribution in [0.2, 0.25) is 0 Å². The molecule has 1 rings (SSSR count). The van der Waals surface area contributed by atoms with Crippen LogP contribution in [0.5, 0.6) is 5.75 Å². The van der Waals surface area contributed by atoms with Crippen molar-refractivity contribution in [2.24, 2.45) is 0 Å². The quantitative estimate of drug-likeness (QED) is 0.544. The molecule has 0 saturated carbocycles. The number of benzene rings is 1. The molecule has 0 radical (unpaired) electrons. The minimum atomic E-state index is -3.11. The summed E-state index contributed by atoms with van der Waals surface area (Å²) in [7, 11) is 0. The van der Waals surface area contributed by atoms with Crippen molar-refractivity contribution in [3.8, 4) is 5.75 Å². The van der Waals surface area contributed by atoms with Crippen LogP contribution in [0, 0.1) is 0 Å². The molecule has 0 spiro atoms. The Kier molecular flexibility index (Phi) is 5.67. The Labute approximate surface area is 100 Å². The van der Waals surface area contributed by atoms with E-state index >= 15 is 0 Å².